The average Bonchev–Trinajstić information content (AvgIpc) is 3.40. The minimum Gasteiger partial charge on any atom is -0.457 e. The summed E-state index contributed by atoms with van der Waals surface area (Å²) in [5.41, 5.74) is -0.0848. The van der Waals surface area contributed by atoms with Gasteiger partial charge in [-0.1, -0.05) is 19.9 Å². The molecule has 0 bridgehead atoms. The lowest BCUT2D eigenvalue weighted by molar-refractivity contribution is -0.191. The Morgan fingerprint density at radius 3 is 2.64 bits per heavy atom. The lowest BCUT2D eigenvalue weighted by atomic mass is 9.59. The molecule has 1 aromatic rings. The molecule has 1 aliphatic carbocycles. The Balaban J connectivity index is 1.81. The Morgan fingerprint density at radius 2 is 2.03 bits per heavy atom. The van der Waals surface area contributed by atoms with E-state index in [1.807, 2.05) is 26.8 Å². The van der Waals surface area contributed by atoms with E-state index in [1.165, 1.54) is 7.11 Å². The molecule has 4 rings (SSSR count). The van der Waals surface area contributed by atoms with E-state index >= 15 is 0 Å². The third kappa shape index (κ3) is 5.54. The van der Waals surface area contributed by atoms with Crippen molar-refractivity contribution in [1.82, 2.24) is 4.98 Å². The quantitative estimate of drug-likeness (QED) is 0.321. The van der Waals surface area contributed by atoms with Crippen molar-refractivity contribution >= 4 is 11.9 Å². The number of hydrogen-bond donors (Lipinski definition) is 4. The van der Waals surface area contributed by atoms with Gasteiger partial charge in [0.25, 0.3) is 0 Å². The van der Waals surface area contributed by atoms with Gasteiger partial charge in [-0.2, -0.15) is 0 Å². The van der Waals surface area contributed by atoms with Gasteiger partial charge in [-0.05, 0) is 57.2 Å². The monoisotopic (exact) mass is 549 g/mol. The second-order valence-corrected chi connectivity index (χ2v) is 11.4. The van der Waals surface area contributed by atoms with Crippen molar-refractivity contribution in [2.24, 2.45) is 23.7 Å². The second-order valence-electron chi connectivity index (χ2n) is 11.4. The number of esters is 2. The number of hydrogen-bond acceptors (Lipinski definition) is 9. The molecule has 3 aliphatic rings. The number of rotatable bonds is 5. The lowest BCUT2D eigenvalue weighted by Crippen LogP contribution is -2.60. The highest BCUT2D eigenvalue weighted by Gasteiger charge is 2.60. The first-order chi connectivity index (χ1) is 18.5. The topological polar surface area (TPSA) is 148 Å². The fraction of sp³-hybridized carbons (Fsp3) is 0.724. The predicted octanol–water partition coefficient (Wildman–Crippen LogP) is 2.38. The molecule has 1 aromatic heterocycles. The van der Waals surface area contributed by atoms with Crippen molar-refractivity contribution in [3.63, 3.8) is 0 Å². The number of aliphatic hydroxyl groups is 3. The summed E-state index contributed by atoms with van der Waals surface area (Å²) in [6.07, 6.45) is -0.156. The number of carbonyl (C=O) groups excluding carboxylic acids is 2. The van der Waals surface area contributed by atoms with E-state index < -0.39 is 77.8 Å². The highest BCUT2D eigenvalue weighted by Crippen LogP contribution is 2.53. The summed E-state index contributed by atoms with van der Waals surface area (Å²) in [5.74, 6) is -3.00. The Labute approximate surface area is 229 Å². The van der Waals surface area contributed by atoms with Crippen LogP contribution in [-0.4, -0.2) is 88.2 Å². The van der Waals surface area contributed by atoms with Gasteiger partial charge in [0.05, 0.1) is 30.5 Å². The Kier molecular flexibility index (Phi) is 9.22. The van der Waals surface area contributed by atoms with Crippen molar-refractivity contribution in [3.8, 4) is 0 Å². The van der Waals surface area contributed by atoms with Crippen LogP contribution in [0.4, 0.5) is 0 Å². The fourth-order valence-corrected chi connectivity index (χ4v) is 7.14. The van der Waals surface area contributed by atoms with E-state index in [4.69, 9.17) is 18.9 Å². The molecular formula is C29H43NO9. The Hall–Kier alpha value is -2.24. The van der Waals surface area contributed by atoms with Crippen molar-refractivity contribution in [2.75, 3.05) is 13.7 Å². The molecule has 218 valence electrons. The van der Waals surface area contributed by atoms with Gasteiger partial charge in [0, 0.05) is 37.0 Å². The van der Waals surface area contributed by atoms with Crippen LogP contribution in [0.1, 0.15) is 63.9 Å². The molecule has 1 saturated carbocycles. The normalized spacial score (nSPS) is 41.6. The van der Waals surface area contributed by atoms with Gasteiger partial charge in [0.2, 0.25) is 0 Å². The number of methoxy groups -OCH3 is 1. The molecule has 4 N–H and O–H groups in total. The second kappa shape index (κ2) is 12.1. The van der Waals surface area contributed by atoms with E-state index in [-0.39, 0.29) is 13.0 Å². The molecule has 10 heteroatoms. The molecule has 0 amide bonds. The molecule has 0 radical (unpaired) electrons. The number of nitrogens with one attached hydrogen (secondary N) is 1. The molecule has 0 aromatic carbocycles. The molecular weight excluding hydrogens is 506 g/mol. The summed E-state index contributed by atoms with van der Waals surface area (Å²) in [7, 11) is 1.41. The Morgan fingerprint density at radius 1 is 1.28 bits per heavy atom. The first kappa shape index (κ1) is 29.7. The summed E-state index contributed by atoms with van der Waals surface area (Å²) in [4.78, 5) is 28.9. The zero-order valence-corrected chi connectivity index (χ0v) is 23.4. The molecule has 39 heavy (non-hydrogen) atoms. The molecule has 11 atom stereocenters. The van der Waals surface area contributed by atoms with Crippen LogP contribution in [0.2, 0.25) is 0 Å². The van der Waals surface area contributed by atoms with Crippen molar-refractivity contribution in [1.29, 1.82) is 0 Å². The smallest absolute Gasteiger partial charge is 0.355 e. The highest BCUT2D eigenvalue weighted by molar-refractivity contribution is 5.87. The highest BCUT2D eigenvalue weighted by atomic mass is 16.6. The summed E-state index contributed by atoms with van der Waals surface area (Å²) < 4.78 is 23.9. The fourth-order valence-electron chi connectivity index (χ4n) is 7.14. The van der Waals surface area contributed by atoms with Gasteiger partial charge >= 0.3 is 11.9 Å². The molecule has 1 spiro atoms. The van der Waals surface area contributed by atoms with E-state index in [0.717, 1.165) is 5.57 Å². The summed E-state index contributed by atoms with van der Waals surface area (Å²) in [6, 6.07) is 3.33. The lowest BCUT2D eigenvalue weighted by Gasteiger charge is -2.53. The number of aromatic nitrogens is 1. The summed E-state index contributed by atoms with van der Waals surface area (Å²) in [6.45, 7) is 7.26. The first-order valence-electron chi connectivity index (χ1n) is 14.0. The van der Waals surface area contributed by atoms with Gasteiger partial charge in [-0.25, -0.2) is 9.59 Å². The predicted molar refractivity (Wildman–Crippen MR) is 141 cm³/mol. The SMILES string of the molecule is CC[C@@H]1C(O)[C@@H]2CCC(O)C3C[C@H](OC)C(=O)O[C@H](C(C)O)C(C)/C=C(\C)C32OC[C@@H]1OC(=O)c1ccc[nH]1. The van der Waals surface area contributed by atoms with Crippen LogP contribution in [0.3, 0.4) is 0 Å². The van der Waals surface area contributed by atoms with E-state index in [9.17, 15) is 24.9 Å². The zero-order chi connectivity index (χ0) is 28.5. The number of aromatic amines is 1. The number of ether oxygens (including phenoxy) is 4. The molecule has 2 fully saturated rings. The maximum Gasteiger partial charge on any atom is 0.355 e. The largest absolute Gasteiger partial charge is 0.457 e. The van der Waals surface area contributed by atoms with Crippen LogP contribution in [0.5, 0.6) is 0 Å². The number of H-pyrrole nitrogens is 1. The van der Waals surface area contributed by atoms with E-state index in [0.29, 0.717) is 25.0 Å². The molecule has 2 aliphatic heterocycles. The van der Waals surface area contributed by atoms with Crippen LogP contribution in [-0.2, 0) is 23.7 Å². The van der Waals surface area contributed by atoms with Crippen LogP contribution in [0.25, 0.3) is 0 Å². The van der Waals surface area contributed by atoms with Crippen molar-refractivity contribution < 1.29 is 43.9 Å². The number of carbonyl (C=O) groups is 2. The van der Waals surface area contributed by atoms with Crippen molar-refractivity contribution in [2.45, 2.75) is 95.6 Å². The van der Waals surface area contributed by atoms with Gasteiger partial charge in [0.15, 0.2) is 6.10 Å². The minimum atomic E-state index is -1.16. The van der Waals surface area contributed by atoms with Gasteiger partial charge in [0.1, 0.15) is 17.9 Å². The molecule has 6 unspecified atom stereocenters. The maximum atomic E-state index is 13.1. The molecule has 3 heterocycles. The van der Waals surface area contributed by atoms with Gasteiger partial charge in [-0.15, -0.1) is 0 Å². The van der Waals surface area contributed by atoms with E-state index in [2.05, 4.69) is 4.98 Å². The van der Waals surface area contributed by atoms with Crippen LogP contribution in [0.15, 0.2) is 30.0 Å². The molecule has 10 nitrogen and oxygen atoms in total. The molecule has 1 saturated heterocycles. The number of cyclic esters (lactones) is 1. The zero-order valence-electron chi connectivity index (χ0n) is 23.4. The third-order valence-electron chi connectivity index (χ3n) is 9.09. The standard InChI is InChI=1S/C29H43NO9/c1-6-18-24(38-27(34)21-8-7-11-30-21)14-37-29-16(3)12-15(2)26(17(4)31)39-28(35)23(36-5)13-20(29)22(32)10-9-19(29)25(18)33/h7-8,11-12,15,17-20,22-26,30-33H,6,9-10,13-14H2,1-5H3/b16-12+/t15?,17?,18-,19-,20?,22?,23-,24-,25?,26-,29?/m0/s1. The number of aliphatic hydroxyl groups excluding tert-OH is 3. The maximum absolute atomic E-state index is 13.1. The Bertz CT molecular complexity index is 1020. The van der Waals surface area contributed by atoms with Gasteiger partial charge < -0.3 is 39.3 Å². The minimum absolute atomic E-state index is 0.00320. The first-order valence-corrected chi connectivity index (χ1v) is 14.0. The third-order valence-corrected chi connectivity index (χ3v) is 9.09. The van der Waals surface area contributed by atoms with Crippen LogP contribution < -0.4 is 0 Å². The van der Waals surface area contributed by atoms with Gasteiger partial charge in [-0.3, -0.25) is 0 Å². The van der Waals surface area contributed by atoms with E-state index in [1.54, 1.807) is 25.3 Å². The van der Waals surface area contributed by atoms with Crippen molar-refractivity contribution in [3.05, 3.63) is 35.7 Å². The van der Waals surface area contributed by atoms with Crippen LogP contribution in [0, 0.1) is 23.7 Å². The summed E-state index contributed by atoms with van der Waals surface area (Å²) >= 11 is 0. The average molecular weight is 550 g/mol. The summed E-state index contributed by atoms with van der Waals surface area (Å²) in [5, 5.41) is 33.7. The van der Waals surface area contributed by atoms with Crippen LogP contribution >= 0.6 is 0 Å².